The number of rotatable bonds is 69. The first-order valence-corrected chi connectivity index (χ1v) is 37.7. The fraction of sp³-hybridized carbons (Fsp3) is 0.720. The average Bonchev–Trinajstić information content (AvgIpc) is 3.46. The van der Waals surface area contributed by atoms with E-state index in [1.807, 2.05) is 21.1 Å². The van der Waals surface area contributed by atoms with Crippen molar-refractivity contribution in [3.8, 4) is 0 Å². The van der Waals surface area contributed by atoms with Gasteiger partial charge >= 0.3 is 17.9 Å². The molecule has 0 saturated heterocycles. The molecule has 9 heteroatoms. The normalized spacial score (nSPS) is 13.4. The summed E-state index contributed by atoms with van der Waals surface area (Å²) < 4.78 is 23.0. The maximum absolute atomic E-state index is 13.0. The van der Waals surface area contributed by atoms with Gasteiger partial charge in [0.2, 0.25) is 0 Å². The predicted octanol–water partition coefficient (Wildman–Crippen LogP) is 23.9. The van der Waals surface area contributed by atoms with Crippen molar-refractivity contribution in [3.05, 3.63) is 122 Å². The third-order valence-corrected chi connectivity index (χ3v) is 16.2. The van der Waals surface area contributed by atoms with E-state index in [9.17, 15) is 19.5 Å². The van der Waals surface area contributed by atoms with Gasteiger partial charge in [0.05, 0.1) is 34.4 Å². The van der Waals surface area contributed by atoms with Crippen LogP contribution in [0.5, 0.6) is 0 Å². The van der Waals surface area contributed by atoms with Gasteiger partial charge in [0, 0.05) is 12.8 Å². The molecule has 0 rings (SSSR count). The first-order valence-electron chi connectivity index (χ1n) is 37.7. The number of carbonyl (C=O) groups excluding carboxylic acids is 2. The maximum atomic E-state index is 13.0. The van der Waals surface area contributed by atoms with Crippen LogP contribution >= 0.6 is 0 Å². The van der Waals surface area contributed by atoms with Crippen molar-refractivity contribution in [2.24, 2.45) is 0 Å². The van der Waals surface area contributed by atoms with E-state index in [1.165, 1.54) is 180 Å². The molecule has 0 saturated carbocycles. The van der Waals surface area contributed by atoms with Gasteiger partial charge in [0.1, 0.15) is 13.2 Å². The zero-order valence-electron chi connectivity index (χ0n) is 59.7. The minimum atomic E-state index is -1.52. The number of hydrogen-bond acceptors (Lipinski definition) is 7. The van der Waals surface area contributed by atoms with Crippen molar-refractivity contribution in [1.29, 1.82) is 0 Å². The van der Waals surface area contributed by atoms with Crippen LogP contribution in [0.2, 0.25) is 0 Å². The van der Waals surface area contributed by atoms with Crippen molar-refractivity contribution in [3.63, 3.8) is 0 Å². The van der Waals surface area contributed by atoms with Crippen molar-refractivity contribution >= 4 is 17.9 Å². The molecule has 0 bridgehead atoms. The highest BCUT2D eigenvalue weighted by atomic mass is 16.7. The van der Waals surface area contributed by atoms with Crippen LogP contribution in [0.15, 0.2) is 122 Å². The summed E-state index contributed by atoms with van der Waals surface area (Å²) >= 11 is 0. The van der Waals surface area contributed by atoms with Crippen LogP contribution in [-0.2, 0) is 33.3 Å². The molecular weight excluding hydrogens is 1130 g/mol. The number of nitrogens with zero attached hydrogens (tertiary/aromatic N) is 1. The molecule has 0 fully saturated rings. The Morgan fingerprint density at radius 1 is 0.341 bits per heavy atom. The molecule has 2 atom stereocenters. The van der Waals surface area contributed by atoms with Gasteiger partial charge in [-0.05, 0) is 109 Å². The van der Waals surface area contributed by atoms with Gasteiger partial charge in [-0.25, -0.2) is 4.79 Å². The lowest BCUT2D eigenvalue weighted by atomic mass is 10.0. The van der Waals surface area contributed by atoms with Crippen molar-refractivity contribution in [2.75, 3.05) is 47.5 Å². The summed E-state index contributed by atoms with van der Waals surface area (Å²) in [5.41, 5.74) is 0. The predicted molar refractivity (Wildman–Crippen MR) is 391 cm³/mol. The number of allylic oxidation sites excluding steroid dienone is 20. The molecule has 91 heavy (non-hydrogen) atoms. The lowest BCUT2D eigenvalue weighted by Crippen LogP contribution is -2.40. The van der Waals surface area contributed by atoms with Gasteiger partial charge < -0.3 is 28.5 Å². The molecule has 2 unspecified atom stereocenters. The lowest BCUT2D eigenvalue weighted by molar-refractivity contribution is -0.870. The number of unbranched alkanes of at least 4 members (excludes halogenated alkanes) is 34. The molecular formula is C82H142NO8+. The molecule has 0 aromatic carbocycles. The number of aliphatic carboxylic acids is 1. The van der Waals surface area contributed by atoms with E-state index < -0.39 is 24.3 Å². The van der Waals surface area contributed by atoms with Gasteiger partial charge in [0.15, 0.2) is 6.10 Å². The fourth-order valence-electron chi connectivity index (χ4n) is 10.5. The van der Waals surface area contributed by atoms with Crippen LogP contribution in [0, 0.1) is 0 Å². The highest BCUT2D eigenvalue weighted by Crippen LogP contribution is 2.18. The van der Waals surface area contributed by atoms with Crippen LogP contribution in [-0.4, -0.2) is 87.4 Å². The zero-order chi connectivity index (χ0) is 66.1. The first-order chi connectivity index (χ1) is 44.6. The molecule has 0 heterocycles. The fourth-order valence-corrected chi connectivity index (χ4v) is 10.5. The van der Waals surface area contributed by atoms with E-state index in [-0.39, 0.29) is 32.2 Å². The van der Waals surface area contributed by atoms with Gasteiger partial charge in [-0.2, -0.15) is 0 Å². The van der Waals surface area contributed by atoms with Crippen LogP contribution in [0.1, 0.15) is 322 Å². The average molecular weight is 1270 g/mol. The minimum Gasteiger partial charge on any atom is -0.477 e. The Hall–Kier alpha value is -4.31. The molecule has 0 aliphatic rings. The minimum absolute atomic E-state index is 0.179. The number of hydrogen-bond donors (Lipinski definition) is 1. The molecule has 0 aliphatic heterocycles. The smallest absolute Gasteiger partial charge is 0.361 e. The molecule has 0 aromatic rings. The Morgan fingerprint density at radius 3 is 0.945 bits per heavy atom. The summed E-state index contributed by atoms with van der Waals surface area (Å²) in [4.78, 5) is 37.7. The van der Waals surface area contributed by atoms with E-state index in [2.05, 4.69) is 135 Å². The number of esters is 2. The molecule has 0 spiro atoms. The van der Waals surface area contributed by atoms with Gasteiger partial charge in [-0.3, -0.25) is 9.59 Å². The standard InChI is InChI=1S/C82H141NO8/c1-6-8-10-12-14-16-18-20-22-24-26-28-30-32-34-36-38-40-42-44-46-48-50-52-54-56-58-60-62-64-66-68-70-72-79(84)89-76-78(77-90-82(81(86)87)88-75-74-83(3,4)5)91-80(85)73-71-69-67-65-63-61-59-57-55-53-51-49-47-45-43-41-39-37-35-33-31-29-27-25-23-21-19-17-15-13-11-9-7-2/h9,11,15,17,21,23-24,26-27,29,33,35,39,41,45,47,51,53,57,59,78,82H,6-8,10,12-14,16,18-20,22,25,28,30-32,34,36-38,40,42-44,46,48-50,52,54-56,58,60-77H2,1-5H3/p+1/b11-9-,17-15-,23-21-,26-24-,29-27-,35-33-,41-39-,47-45-,53-51-,59-57-. The molecule has 522 valence electrons. The molecule has 0 aliphatic carbocycles. The molecule has 0 radical (unpaired) electrons. The molecule has 1 N–H and O–H groups in total. The van der Waals surface area contributed by atoms with Crippen molar-refractivity contribution in [1.82, 2.24) is 0 Å². The van der Waals surface area contributed by atoms with Crippen LogP contribution in [0.25, 0.3) is 0 Å². The monoisotopic (exact) mass is 1270 g/mol. The number of carbonyl (C=O) groups is 3. The van der Waals surface area contributed by atoms with Crippen molar-refractivity contribution < 1.29 is 42.9 Å². The summed E-state index contributed by atoms with van der Waals surface area (Å²) in [7, 11) is 5.97. The molecule has 9 nitrogen and oxygen atoms in total. The summed E-state index contributed by atoms with van der Waals surface area (Å²) in [5, 5.41) is 9.76. The topological polar surface area (TPSA) is 108 Å². The first kappa shape index (κ1) is 86.7. The Bertz CT molecular complexity index is 1910. The van der Waals surface area contributed by atoms with Gasteiger partial charge in [-0.15, -0.1) is 0 Å². The molecule has 0 amide bonds. The number of carboxylic acids is 1. The SMILES string of the molecule is CC/C=C\C/C=C\C/C=C\C/C=C\C/C=C\C/C=C\C/C=C\C/C=C\C/C=C\CCCCCCCC(=O)OC(COC(=O)CCCCCCCCCCCCCCCCCCCCCCC/C=C\CCCCCCCCCC)COC(OCC[N+](C)(C)C)C(=O)O. The van der Waals surface area contributed by atoms with Gasteiger partial charge in [0.25, 0.3) is 6.29 Å². The second-order valence-corrected chi connectivity index (χ2v) is 26.2. The van der Waals surface area contributed by atoms with E-state index in [4.69, 9.17) is 18.9 Å². The number of likely N-dealkylation sites (N-methyl/N-ethyl adjacent to an activating group) is 1. The van der Waals surface area contributed by atoms with E-state index in [1.54, 1.807) is 0 Å². The third-order valence-electron chi connectivity index (χ3n) is 16.2. The molecule has 0 aromatic heterocycles. The highest BCUT2D eigenvalue weighted by Gasteiger charge is 2.25. The quantitative estimate of drug-likeness (QED) is 0.0211. The highest BCUT2D eigenvalue weighted by molar-refractivity contribution is 5.71. The number of ether oxygens (including phenoxy) is 4. The van der Waals surface area contributed by atoms with Crippen LogP contribution < -0.4 is 0 Å². The van der Waals surface area contributed by atoms with Crippen LogP contribution in [0.3, 0.4) is 0 Å². The third kappa shape index (κ3) is 73.0. The van der Waals surface area contributed by atoms with E-state index >= 15 is 0 Å². The van der Waals surface area contributed by atoms with Crippen molar-refractivity contribution in [2.45, 2.75) is 334 Å². The Kier molecular flexibility index (Phi) is 68.1. The summed E-state index contributed by atoms with van der Waals surface area (Å²) in [6.07, 6.45) is 99.0. The van der Waals surface area contributed by atoms with E-state index in [0.29, 0.717) is 23.9 Å². The second kappa shape index (κ2) is 71.5. The summed E-state index contributed by atoms with van der Waals surface area (Å²) in [6.45, 7) is 4.76. The zero-order valence-corrected chi connectivity index (χ0v) is 59.7. The summed E-state index contributed by atoms with van der Waals surface area (Å²) in [5.74, 6) is -2.03. The lowest BCUT2D eigenvalue weighted by Gasteiger charge is -2.25. The Balaban J connectivity index is 4.14. The van der Waals surface area contributed by atoms with Crippen LogP contribution in [0.4, 0.5) is 0 Å². The maximum Gasteiger partial charge on any atom is 0.361 e. The Labute approximate surface area is 561 Å². The Morgan fingerprint density at radius 2 is 0.626 bits per heavy atom. The number of quaternary nitrogens is 1. The largest absolute Gasteiger partial charge is 0.477 e. The number of carboxylic acid groups (broad SMARTS) is 1. The summed E-state index contributed by atoms with van der Waals surface area (Å²) in [6, 6.07) is 0. The van der Waals surface area contributed by atoms with Gasteiger partial charge in [-0.1, -0.05) is 322 Å². The second-order valence-electron chi connectivity index (χ2n) is 26.2. The van der Waals surface area contributed by atoms with E-state index in [0.717, 1.165) is 109 Å².